The Morgan fingerprint density at radius 3 is 2.22 bits per heavy atom. The van der Waals surface area contributed by atoms with Crippen molar-refractivity contribution in [3.8, 4) is 16.9 Å². The molecule has 5 atom stereocenters. The highest BCUT2D eigenvalue weighted by molar-refractivity contribution is 5.85. The second-order valence-electron chi connectivity index (χ2n) is 6.08. The van der Waals surface area contributed by atoms with Crippen LogP contribution in [-0.2, 0) is 4.74 Å². The molecule has 0 amide bonds. The van der Waals surface area contributed by atoms with Crippen LogP contribution in [0.3, 0.4) is 0 Å². The van der Waals surface area contributed by atoms with E-state index < -0.39 is 43.3 Å². The molecule has 1 fully saturated rings. The molecule has 9 nitrogen and oxygen atoms in total. The van der Waals surface area contributed by atoms with Gasteiger partial charge in [-0.05, 0) is 23.8 Å². The fourth-order valence-corrected chi connectivity index (χ4v) is 2.72. The van der Waals surface area contributed by atoms with Gasteiger partial charge in [0.25, 0.3) is 0 Å². The van der Waals surface area contributed by atoms with Crippen molar-refractivity contribution < 1.29 is 39.8 Å². The molecule has 0 saturated carbocycles. The summed E-state index contributed by atoms with van der Waals surface area (Å²) in [7, 11) is 0. The quantitative estimate of drug-likeness (QED) is 0.470. The number of benzene rings is 1. The summed E-state index contributed by atoms with van der Waals surface area (Å²) in [5.41, 5.74) is 1.42. The minimum absolute atomic E-state index is 0.0543. The third kappa shape index (κ3) is 4.07. The first kappa shape index (κ1) is 19.2. The Kier molecular flexibility index (Phi) is 5.68. The third-order valence-electron chi connectivity index (χ3n) is 4.27. The van der Waals surface area contributed by atoms with Gasteiger partial charge in [-0.25, -0.2) is 9.78 Å². The first-order chi connectivity index (χ1) is 12.9. The smallest absolute Gasteiger partial charge is 0.354 e. The molecular formula is C18H19NO8. The molecule has 0 aliphatic carbocycles. The van der Waals surface area contributed by atoms with Crippen molar-refractivity contribution in [3.05, 3.63) is 48.3 Å². The average Bonchev–Trinajstić information content (AvgIpc) is 2.69. The van der Waals surface area contributed by atoms with Gasteiger partial charge in [0.15, 0.2) is 0 Å². The number of carboxylic acids is 1. The molecular weight excluding hydrogens is 358 g/mol. The highest BCUT2D eigenvalue weighted by Gasteiger charge is 2.44. The maximum atomic E-state index is 10.8. The van der Waals surface area contributed by atoms with Gasteiger partial charge < -0.3 is 35.0 Å². The van der Waals surface area contributed by atoms with Crippen LogP contribution in [-0.4, -0.2) is 73.8 Å². The first-order valence-electron chi connectivity index (χ1n) is 8.17. The van der Waals surface area contributed by atoms with E-state index in [2.05, 4.69) is 4.98 Å². The normalized spacial score (nSPS) is 27.9. The molecule has 1 saturated heterocycles. The maximum absolute atomic E-state index is 10.8. The summed E-state index contributed by atoms with van der Waals surface area (Å²) >= 11 is 0. The van der Waals surface area contributed by atoms with Crippen LogP contribution in [0.1, 0.15) is 10.5 Å². The van der Waals surface area contributed by atoms with E-state index in [0.717, 1.165) is 5.56 Å². The molecule has 1 aromatic carbocycles. The van der Waals surface area contributed by atoms with Crippen molar-refractivity contribution in [1.29, 1.82) is 0 Å². The van der Waals surface area contributed by atoms with Crippen LogP contribution < -0.4 is 4.74 Å². The monoisotopic (exact) mass is 377 g/mol. The van der Waals surface area contributed by atoms with Crippen molar-refractivity contribution in [2.75, 3.05) is 6.61 Å². The number of aliphatic hydroxyl groups is 4. The highest BCUT2D eigenvalue weighted by Crippen LogP contribution is 2.26. The van der Waals surface area contributed by atoms with E-state index in [1.54, 1.807) is 30.3 Å². The fraction of sp³-hybridized carbons (Fsp3) is 0.333. The number of aromatic carboxylic acids is 1. The number of nitrogens with zero attached hydrogens (tertiary/aromatic N) is 1. The number of ether oxygens (including phenoxy) is 2. The number of carbonyl (C=O) groups is 1. The van der Waals surface area contributed by atoms with Crippen LogP contribution in [0.5, 0.6) is 5.75 Å². The molecule has 0 unspecified atom stereocenters. The Hall–Kier alpha value is -2.56. The Labute approximate surface area is 154 Å². The van der Waals surface area contributed by atoms with Crippen molar-refractivity contribution in [3.63, 3.8) is 0 Å². The molecule has 27 heavy (non-hydrogen) atoms. The Morgan fingerprint density at radius 1 is 1.00 bits per heavy atom. The molecule has 144 valence electrons. The summed E-state index contributed by atoms with van der Waals surface area (Å²) in [6, 6.07) is 9.64. The lowest BCUT2D eigenvalue weighted by atomic mass is 9.99. The topological polar surface area (TPSA) is 150 Å². The van der Waals surface area contributed by atoms with E-state index in [9.17, 15) is 25.2 Å². The zero-order chi connectivity index (χ0) is 19.6. The van der Waals surface area contributed by atoms with Crippen LogP contribution in [0, 0.1) is 0 Å². The van der Waals surface area contributed by atoms with Gasteiger partial charge in [-0.1, -0.05) is 18.2 Å². The molecule has 3 rings (SSSR count). The third-order valence-corrected chi connectivity index (χ3v) is 4.27. The van der Waals surface area contributed by atoms with Crippen molar-refractivity contribution >= 4 is 5.97 Å². The van der Waals surface area contributed by atoms with E-state index in [-0.39, 0.29) is 5.69 Å². The lowest BCUT2D eigenvalue weighted by Gasteiger charge is -2.39. The van der Waals surface area contributed by atoms with Gasteiger partial charge >= 0.3 is 5.97 Å². The summed E-state index contributed by atoms with van der Waals surface area (Å²) < 4.78 is 10.8. The van der Waals surface area contributed by atoms with Crippen molar-refractivity contribution in [2.24, 2.45) is 0 Å². The van der Waals surface area contributed by atoms with Gasteiger partial charge in [-0.3, -0.25) is 0 Å². The summed E-state index contributed by atoms with van der Waals surface area (Å²) in [6.07, 6.45) is -5.33. The average molecular weight is 377 g/mol. The number of hydrogen-bond acceptors (Lipinski definition) is 8. The van der Waals surface area contributed by atoms with E-state index in [1.165, 1.54) is 12.3 Å². The molecule has 2 heterocycles. The second kappa shape index (κ2) is 7.99. The highest BCUT2D eigenvalue weighted by atomic mass is 16.7. The molecule has 1 aliphatic rings. The number of aliphatic hydroxyl groups excluding tert-OH is 4. The van der Waals surface area contributed by atoms with Gasteiger partial charge in [0.2, 0.25) is 6.29 Å². The number of rotatable bonds is 5. The maximum Gasteiger partial charge on any atom is 0.354 e. The predicted octanol–water partition coefficient (Wildman–Crippen LogP) is -0.375. The van der Waals surface area contributed by atoms with Crippen LogP contribution in [0.4, 0.5) is 0 Å². The van der Waals surface area contributed by atoms with Crippen molar-refractivity contribution in [1.82, 2.24) is 4.98 Å². The SMILES string of the molecule is O=C(O)c1ccc(-c2ccc(O[C@H]3O[C@H](CO)[C@@H](O)[C@H](O)[C@@H]3O)cc2)cn1. The molecule has 0 spiro atoms. The van der Waals surface area contributed by atoms with Gasteiger partial charge in [-0.15, -0.1) is 0 Å². The largest absolute Gasteiger partial charge is 0.477 e. The van der Waals surface area contributed by atoms with Gasteiger partial charge in [0.1, 0.15) is 35.9 Å². The summed E-state index contributed by atoms with van der Waals surface area (Å²) in [5, 5.41) is 47.6. The molecule has 1 aliphatic heterocycles. The number of carboxylic acid groups (broad SMARTS) is 1. The summed E-state index contributed by atoms with van der Waals surface area (Å²) in [4.78, 5) is 14.7. The van der Waals surface area contributed by atoms with E-state index in [4.69, 9.17) is 14.6 Å². The summed E-state index contributed by atoms with van der Waals surface area (Å²) in [6.45, 7) is -0.539. The number of hydrogen-bond donors (Lipinski definition) is 5. The van der Waals surface area contributed by atoms with Crippen LogP contribution >= 0.6 is 0 Å². The number of pyridine rings is 1. The fourth-order valence-electron chi connectivity index (χ4n) is 2.72. The lowest BCUT2D eigenvalue weighted by Crippen LogP contribution is -2.60. The summed E-state index contributed by atoms with van der Waals surface area (Å²) in [5.74, 6) is -0.775. The first-order valence-corrected chi connectivity index (χ1v) is 8.17. The molecule has 5 N–H and O–H groups in total. The Balaban J connectivity index is 1.71. The van der Waals surface area contributed by atoms with Crippen LogP contribution in [0.2, 0.25) is 0 Å². The molecule has 0 bridgehead atoms. The number of aromatic nitrogens is 1. The Morgan fingerprint density at radius 2 is 1.67 bits per heavy atom. The zero-order valence-electron chi connectivity index (χ0n) is 14.0. The lowest BCUT2D eigenvalue weighted by molar-refractivity contribution is -0.277. The van der Waals surface area contributed by atoms with E-state index in [0.29, 0.717) is 11.3 Å². The molecule has 2 aromatic rings. The molecule has 1 aromatic heterocycles. The minimum Gasteiger partial charge on any atom is -0.477 e. The zero-order valence-corrected chi connectivity index (χ0v) is 14.0. The standard InChI is InChI=1S/C18H19NO8/c20-8-13-14(21)15(22)16(23)18(27-13)26-11-4-1-9(2-5-11)10-3-6-12(17(24)25)19-7-10/h1-7,13-16,18,20-23H,8H2,(H,24,25)/t13-,14-,15+,16+,18+/m1/s1. The van der Waals surface area contributed by atoms with Crippen LogP contribution in [0.15, 0.2) is 42.6 Å². The van der Waals surface area contributed by atoms with Gasteiger partial charge in [0.05, 0.1) is 6.61 Å². The molecule has 0 radical (unpaired) electrons. The van der Waals surface area contributed by atoms with Crippen LogP contribution in [0.25, 0.3) is 11.1 Å². The van der Waals surface area contributed by atoms with Gasteiger partial charge in [-0.2, -0.15) is 0 Å². The van der Waals surface area contributed by atoms with Crippen molar-refractivity contribution in [2.45, 2.75) is 30.7 Å². The molecule has 9 heteroatoms. The predicted molar refractivity (Wildman–Crippen MR) is 91.0 cm³/mol. The van der Waals surface area contributed by atoms with E-state index >= 15 is 0 Å². The van der Waals surface area contributed by atoms with Gasteiger partial charge in [0, 0.05) is 11.8 Å². The second-order valence-corrected chi connectivity index (χ2v) is 6.08. The minimum atomic E-state index is -1.51. The Bertz CT molecular complexity index is 777. The van der Waals surface area contributed by atoms with E-state index in [1.807, 2.05) is 0 Å².